The molecule has 0 fully saturated rings. The van der Waals surface area contributed by atoms with E-state index in [1.54, 1.807) is 34.9 Å². The first-order chi connectivity index (χ1) is 15.3. The van der Waals surface area contributed by atoms with Gasteiger partial charge in [0.25, 0.3) is 0 Å². The normalized spacial score (nSPS) is 15.1. The average Bonchev–Trinajstić information content (AvgIpc) is 2.76. The van der Waals surface area contributed by atoms with Gasteiger partial charge in [0.1, 0.15) is 24.3 Å². The van der Waals surface area contributed by atoms with Crippen molar-refractivity contribution in [2.45, 2.75) is 85.6 Å². The van der Waals surface area contributed by atoms with Gasteiger partial charge in [0.2, 0.25) is 5.91 Å². The summed E-state index contributed by atoms with van der Waals surface area (Å²) in [5, 5.41) is 0. The van der Waals surface area contributed by atoms with E-state index in [0.29, 0.717) is 12.8 Å². The van der Waals surface area contributed by atoms with Crippen molar-refractivity contribution in [3.05, 3.63) is 35.9 Å². The Kier molecular flexibility index (Phi) is 10.9. The van der Waals surface area contributed by atoms with Crippen molar-refractivity contribution in [3.8, 4) is 0 Å². The molecule has 1 rings (SSSR count). The number of esters is 1. The quantitative estimate of drug-likeness (QED) is 0.463. The van der Waals surface area contributed by atoms with Gasteiger partial charge >= 0.3 is 12.1 Å². The maximum Gasteiger partial charge on any atom is 0.410 e. The Hall–Kier alpha value is -2.57. The molecule has 0 heterocycles. The van der Waals surface area contributed by atoms with Crippen LogP contribution < -0.4 is 0 Å². The van der Waals surface area contributed by atoms with Gasteiger partial charge in [-0.05, 0) is 38.2 Å². The van der Waals surface area contributed by atoms with Crippen molar-refractivity contribution in [2.75, 3.05) is 14.1 Å². The second-order valence-electron chi connectivity index (χ2n) is 9.79. The Morgan fingerprint density at radius 1 is 0.879 bits per heavy atom. The molecular formula is C26H42N2O5. The summed E-state index contributed by atoms with van der Waals surface area (Å²) in [5.74, 6) is -1.01. The lowest BCUT2D eigenvalue weighted by Gasteiger charge is -2.38. The number of carbonyl (C=O) groups is 3. The molecule has 0 spiro atoms. The summed E-state index contributed by atoms with van der Waals surface area (Å²) in [6.07, 6.45) is 0.809. The Balaban J connectivity index is 3.13. The highest BCUT2D eigenvalue weighted by Crippen LogP contribution is 2.23. The maximum atomic E-state index is 13.7. The molecule has 0 aliphatic heterocycles. The Bertz CT molecular complexity index is 775. The molecule has 0 aromatic heterocycles. The highest BCUT2D eigenvalue weighted by atomic mass is 16.6. The fourth-order valence-corrected chi connectivity index (χ4v) is 3.62. The van der Waals surface area contributed by atoms with Gasteiger partial charge in [0, 0.05) is 14.1 Å². The largest absolute Gasteiger partial charge is 0.459 e. The summed E-state index contributed by atoms with van der Waals surface area (Å²) in [5.41, 5.74) is 0.200. The van der Waals surface area contributed by atoms with Crippen LogP contribution in [0.5, 0.6) is 0 Å². The first-order valence-corrected chi connectivity index (χ1v) is 11.8. The minimum atomic E-state index is -0.761. The SMILES string of the molecule is CCC(C)C(C(=O)N(C)C(C(=O)OCc1ccccc1)C(C)CC)N(C)C(=O)OC(C)(C)C. The molecule has 0 radical (unpaired) electrons. The second-order valence-corrected chi connectivity index (χ2v) is 9.79. The molecule has 7 heteroatoms. The predicted octanol–water partition coefficient (Wildman–Crippen LogP) is 4.88. The number of benzene rings is 1. The minimum Gasteiger partial charge on any atom is -0.459 e. The van der Waals surface area contributed by atoms with Crippen LogP contribution in [0.1, 0.15) is 66.9 Å². The van der Waals surface area contributed by atoms with Crippen molar-refractivity contribution in [1.82, 2.24) is 9.80 Å². The number of rotatable bonds is 10. The smallest absolute Gasteiger partial charge is 0.410 e. The molecule has 4 unspecified atom stereocenters. The van der Waals surface area contributed by atoms with Crippen LogP contribution in [0.4, 0.5) is 4.79 Å². The molecule has 4 atom stereocenters. The molecule has 0 bridgehead atoms. The molecule has 2 amide bonds. The van der Waals surface area contributed by atoms with E-state index in [0.717, 1.165) is 5.56 Å². The van der Waals surface area contributed by atoms with E-state index < -0.39 is 29.7 Å². The van der Waals surface area contributed by atoms with E-state index in [1.165, 1.54) is 9.80 Å². The zero-order valence-electron chi connectivity index (χ0n) is 21.8. The number of likely N-dealkylation sites (N-methyl/N-ethyl adjacent to an activating group) is 2. The summed E-state index contributed by atoms with van der Waals surface area (Å²) >= 11 is 0. The number of amides is 2. The van der Waals surface area contributed by atoms with Crippen LogP contribution >= 0.6 is 0 Å². The van der Waals surface area contributed by atoms with Gasteiger partial charge in [-0.2, -0.15) is 0 Å². The molecule has 186 valence electrons. The van der Waals surface area contributed by atoms with Gasteiger partial charge in [-0.15, -0.1) is 0 Å². The van der Waals surface area contributed by atoms with E-state index in [4.69, 9.17) is 9.47 Å². The first-order valence-electron chi connectivity index (χ1n) is 11.8. The third-order valence-electron chi connectivity index (χ3n) is 5.95. The van der Waals surface area contributed by atoms with Gasteiger partial charge in [0.05, 0.1) is 0 Å². The summed E-state index contributed by atoms with van der Waals surface area (Å²) in [6.45, 7) is 13.3. The van der Waals surface area contributed by atoms with Crippen molar-refractivity contribution in [2.24, 2.45) is 11.8 Å². The maximum absolute atomic E-state index is 13.7. The van der Waals surface area contributed by atoms with Gasteiger partial charge in [-0.3, -0.25) is 9.69 Å². The molecule has 1 aromatic carbocycles. The van der Waals surface area contributed by atoms with E-state index in [1.807, 2.05) is 58.0 Å². The molecular weight excluding hydrogens is 420 g/mol. The van der Waals surface area contributed by atoms with E-state index in [2.05, 4.69) is 0 Å². The Morgan fingerprint density at radius 2 is 1.39 bits per heavy atom. The minimum absolute atomic E-state index is 0.119. The zero-order valence-corrected chi connectivity index (χ0v) is 21.8. The fraction of sp³-hybridized carbons (Fsp3) is 0.654. The lowest BCUT2D eigenvalue weighted by atomic mass is 9.93. The molecule has 0 aliphatic rings. The summed E-state index contributed by atoms with van der Waals surface area (Å²) in [4.78, 5) is 42.3. The molecule has 0 saturated heterocycles. The van der Waals surface area contributed by atoms with Crippen LogP contribution in [0.15, 0.2) is 30.3 Å². The van der Waals surface area contributed by atoms with Crippen LogP contribution in [0.25, 0.3) is 0 Å². The topological polar surface area (TPSA) is 76.2 Å². The van der Waals surface area contributed by atoms with Crippen LogP contribution in [0.2, 0.25) is 0 Å². The van der Waals surface area contributed by atoms with Crippen molar-refractivity contribution in [1.29, 1.82) is 0 Å². The third-order valence-corrected chi connectivity index (χ3v) is 5.95. The molecule has 0 saturated carbocycles. The second kappa shape index (κ2) is 12.6. The van der Waals surface area contributed by atoms with Crippen molar-refractivity contribution >= 4 is 18.0 Å². The van der Waals surface area contributed by atoms with E-state index in [-0.39, 0.29) is 24.3 Å². The summed E-state index contributed by atoms with van der Waals surface area (Å²) in [6, 6.07) is 7.91. The van der Waals surface area contributed by atoms with Crippen molar-refractivity contribution < 1.29 is 23.9 Å². The molecule has 7 nitrogen and oxygen atoms in total. The third kappa shape index (κ3) is 8.37. The number of ether oxygens (including phenoxy) is 2. The first kappa shape index (κ1) is 28.5. The highest BCUT2D eigenvalue weighted by molar-refractivity contribution is 5.90. The average molecular weight is 463 g/mol. The van der Waals surface area contributed by atoms with Gasteiger partial charge in [-0.25, -0.2) is 9.59 Å². The lowest BCUT2D eigenvalue weighted by Crippen LogP contribution is -2.57. The van der Waals surface area contributed by atoms with Crippen LogP contribution in [-0.2, 0) is 25.7 Å². The summed E-state index contributed by atoms with van der Waals surface area (Å²) in [7, 11) is 3.18. The molecule has 0 aliphatic carbocycles. The number of hydrogen-bond donors (Lipinski definition) is 0. The van der Waals surface area contributed by atoms with Crippen molar-refractivity contribution in [3.63, 3.8) is 0 Å². The van der Waals surface area contributed by atoms with E-state index in [9.17, 15) is 14.4 Å². The number of nitrogens with zero attached hydrogens (tertiary/aromatic N) is 2. The predicted molar refractivity (Wildman–Crippen MR) is 129 cm³/mol. The van der Waals surface area contributed by atoms with Gasteiger partial charge < -0.3 is 14.4 Å². The van der Waals surface area contributed by atoms with Crippen LogP contribution in [0, 0.1) is 11.8 Å². The van der Waals surface area contributed by atoms with E-state index >= 15 is 0 Å². The molecule has 0 N–H and O–H groups in total. The Morgan fingerprint density at radius 3 is 1.88 bits per heavy atom. The summed E-state index contributed by atoms with van der Waals surface area (Å²) < 4.78 is 11.1. The number of carbonyl (C=O) groups excluding carboxylic acids is 3. The molecule has 33 heavy (non-hydrogen) atoms. The van der Waals surface area contributed by atoms with Gasteiger partial charge in [0.15, 0.2) is 0 Å². The standard InChI is InChI=1S/C26H42N2O5/c1-10-18(3)21(28(9)25(31)33-26(5,6)7)23(29)27(8)22(19(4)11-2)24(30)32-17-20-15-13-12-14-16-20/h12-16,18-19,21-22H,10-11,17H2,1-9H3. The Labute approximate surface area is 199 Å². The van der Waals surface area contributed by atoms with Crippen LogP contribution in [-0.4, -0.2) is 59.5 Å². The van der Waals surface area contributed by atoms with Crippen LogP contribution in [0.3, 0.4) is 0 Å². The fourth-order valence-electron chi connectivity index (χ4n) is 3.62. The zero-order chi connectivity index (χ0) is 25.3. The highest BCUT2D eigenvalue weighted by Gasteiger charge is 2.40. The number of hydrogen-bond acceptors (Lipinski definition) is 5. The monoisotopic (exact) mass is 462 g/mol. The molecule has 1 aromatic rings. The van der Waals surface area contributed by atoms with Gasteiger partial charge in [-0.1, -0.05) is 70.9 Å². The lowest BCUT2D eigenvalue weighted by molar-refractivity contribution is -0.159.